The Morgan fingerprint density at radius 3 is 2.29 bits per heavy atom. The molecule has 1 aromatic carbocycles. The molecule has 110 valence electrons. The summed E-state index contributed by atoms with van der Waals surface area (Å²) in [6, 6.07) is 5.14. The number of nitrogens with zero attached hydrogens (tertiary/aromatic N) is 1. The molecule has 0 fully saturated rings. The summed E-state index contributed by atoms with van der Waals surface area (Å²) in [5, 5.41) is 7.52. The van der Waals surface area contributed by atoms with Crippen LogP contribution in [0.25, 0.3) is 11.1 Å². The Hall–Kier alpha value is -2.77. The van der Waals surface area contributed by atoms with E-state index >= 15 is 0 Å². The lowest BCUT2D eigenvalue weighted by Gasteiger charge is -2.12. The lowest BCUT2D eigenvalue weighted by Crippen LogP contribution is -2.17. The van der Waals surface area contributed by atoms with Gasteiger partial charge in [-0.3, -0.25) is 10.4 Å². The maximum Gasteiger partial charge on any atom is 0.573 e. The molecule has 0 radical (unpaired) electrons. The first-order valence-corrected chi connectivity index (χ1v) is 5.72. The van der Waals surface area contributed by atoms with E-state index in [2.05, 4.69) is 9.72 Å². The molecule has 0 aliphatic heterocycles. The monoisotopic (exact) mass is 296 g/mol. The Kier molecular flexibility index (Phi) is 3.70. The maximum absolute atomic E-state index is 12.1. The maximum atomic E-state index is 12.1. The molecule has 5 N–H and O–H groups in total. The summed E-state index contributed by atoms with van der Waals surface area (Å²) in [6.07, 6.45) is -1.96. The van der Waals surface area contributed by atoms with Crippen LogP contribution in [0.3, 0.4) is 0 Å². The molecule has 0 amide bonds. The van der Waals surface area contributed by atoms with E-state index in [1.165, 1.54) is 24.5 Å². The molecule has 0 aliphatic carbocycles. The molecule has 8 heteroatoms. The molecule has 2 aromatic rings. The first kappa shape index (κ1) is 14.6. The highest BCUT2D eigenvalue weighted by Gasteiger charge is 2.31. The van der Waals surface area contributed by atoms with E-state index in [0.29, 0.717) is 11.1 Å². The second-order valence-corrected chi connectivity index (χ2v) is 4.14. The van der Waals surface area contributed by atoms with Gasteiger partial charge in [-0.25, -0.2) is 0 Å². The fraction of sp³-hybridized carbons (Fsp3) is 0.0769. The number of alkyl halides is 3. The van der Waals surface area contributed by atoms with Crippen molar-refractivity contribution >= 4 is 11.5 Å². The summed E-state index contributed by atoms with van der Waals surface area (Å²) in [5.41, 5.74) is 12.7. The molecule has 0 spiro atoms. The number of rotatable bonds is 3. The summed E-state index contributed by atoms with van der Waals surface area (Å²) in [4.78, 5) is 3.90. The molecule has 21 heavy (non-hydrogen) atoms. The highest BCUT2D eigenvalue weighted by Crippen LogP contribution is 2.29. The number of aromatic nitrogens is 1. The highest BCUT2D eigenvalue weighted by atomic mass is 19.4. The summed E-state index contributed by atoms with van der Waals surface area (Å²) in [6.45, 7) is 0. The fourth-order valence-corrected chi connectivity index (χ4v) is 1.83. The number of nitrogens with one attached hydrogen (secondary N) is 1. The van der Waals surface area contributed by atoms with Crippen molar-refractivity contribution in [1.82, 2.24) is 4.98 Å². The normalized spacial score (nSPS) is 11.2. The zero-order valence-corrected chi connectivity index (χ0v) is 10.6. The predicted molar refractivity (Wildman–Crippen MR) is 71.8 cm³/mol. The second kappa shape index (κ2) is 5.31. The Labute approximate surface area is 117 Å². The number of nitrogen functional groups attached to an aromatic ring is 2. The number of hydrogen-bond donors (Lipinski definition) is 3. The van der Waals surface area contributed by atoms with Crippen LogP contribution >= 0.6 is 0 Å². The average molecular weight is 296 g/mol. The van der Waals surface area contributed by atoms with Gasteiger partial charge in [-0.1, -0.05) is 12.1 Å². The second-order valence-electron chi connectivity index (χ2n) is 4.14. The van der Waals surface area contributed by atoms with E-state index in [1.807, 2.05) is 0 Å². The Morgan fingerprint density at radius 1 is 1.14 bits per heavy atom. The van der Waals surface area contributed by atoms with Crippen molar-refractivity contribution in [3.63, 3.8) is 0 Å². The van der Waals surface area contributed by atoms with Gasteiger partial charge in [0.05, 0.1) is 11.9 Å². The largest absolute Gasteiger partial charge is 0.573 e. The van der Waals surface area contributed by atoms with E-state index < -0.39 is 6.36 Å². The Morgan fingerprint density at radius 2 is 1.76 bits per heavy atom. The van der Waals surface area contributed by atoms with Crippen molar-refractivity contribution in [1.29, 1.82) is 5.41 Å². The minimum atomic E-state index is -4.75. The predicted octanol–water partition coefficient (Wildman–Crippen LogP) is 2.51. The smallest absolute Gasteiger partial charge is 0.406 e. The molecule has 0 atom stereocenters. The summed E-state index contributed by atoms with van der Waals surface area (Å²) >= 11 is 0. The summed E-state index contributed by atoms with van der Waals surface area (Å²) in [5.74, 6) is -0.590. The van der Waals surface area contributed by atoms with E-state index in [9.17, 15) is 13.2 Å². The van der Waals surface area contributed by atoms with Gasteiger partial charge in [0.2, 0.25) is 0 Å². The van der Waals surface area contributed by atoms with Crippen molar-refractivity contribution in [3.8, 4) is 16.9 Å². The first-order chi connectivity index (χ1) is 9.78. The number of nitrogens with two attached hydrogens (primary N) is 2. The van der Waals surface area contributed by atoms with E-state index in [-0.39, 0.29) is 22.8 Å². The molecule has 0 saturated carbocycles. The number of hydrogen-bond acceptors (Lipinski definition) is 4. The van der Waals surface area contributed by atoms with Gasteiger partial charge in [-0.15, -0.1) is 13.2 Å². The lowest BCUT2D eigenvalue weighted by atomic mass is 10.00. The minimum absolute atomic E-state index is 0.218. The van der Waals surface area contributed by atoms with Crippen LogP contribution in [0.5, 0.6) is 5.75 Å². The quantitative estimate of drug-likeness (QED) is 0.598. The van der Waals surface area contributed by atoms with Crippen LogP contribution in [0.4, 0.5) is 18.9 Å². The number of pyridine rings is 1. The van der Waals surface area contributed by atoms with Gasteiger partial charge in [-0.2, -0.15) is 0 Å². The topological polar surface area (TPSA) is 98.0 Å². The first-order valence-electron chi connectivity index (χ1n) is 5.72. The number of ether oxygens (including phenoxy) is 1. The average Bonchev–Trinajstić information content (AvgIpc) is 2.37. The molecule has 1 heterocycles. The van der Waals surface area contributed by atoms with Gasteiger partial charge in [0.25, 0.3) is 0 Å². The van der Waals surface area contributed by atoms with Crippen molar-refractivity contribution in [2.75, 3.05) is 5.73 Å². The van der Waals surface area contributed by atoms with Crippen LogP contribution in [0.1, 0.15) is 5.56 Å². The van der Waals surface area contributed by atoms with E-state index in [4.69, 9.17) is 16.9 Å². The number of halogens is 3. The van der Waals surface area contributed by atoms with Gasteiger partial charge in [0, 0.05) is 17.3 Å². The summed E-state index contributed by atoms with van der Waals surface area (Å²) < 4.78 is 40.1. The van der Waals surface area contributed by atoms with Gasteiger partial charge in [0.1, 0.15) is 11.6 Å². The van der Waals surface area contributed by atoms with Crippen molar-refractivity contribution in [3.05, 3.63) is 42.2 Å². The minimum Gasteiger partial charge on any atom is -0.406 e. The molecular weight excluding hydrogens is 285 g/mol. The van der Waals surface area contributed by atoms with E-state index in [0.717, 1.165) is 12.1 Å². The van der Waals surface area contributed by atoms with Gasteiger partial charge < -0.3 is 16.2 Å². The summed E-state index contributed by atoms with van der Waals surface area (Å²) in [7, 11) is 0. The molecule has 1 aromatic heterocycles. The zero-order valence-electron chi connectivity index (χ0n) is 10.6. The number of benzene rings is 1. The van der Waals surface area contributed by atoms with Crippen LogP contribution in [0.2, 0.25) is 0 Å². The molecule has 0 saturated heterocycles. The van der Waals surface area contributed by atoms with Crippen LogP contribution < -0.4 is 16.2 Å². The third-order valence-electron chi connectivity index (χ3n) is 2.64. The van der Waals surface area contributed by atoms with E-state index in [1.54, 1.807) is 0 Å². The Balaban J connectivity index is 2.40. The van der Waals surface area contributed by atoms with Gasteiger partial charge in [0.15, 0.2) is 0 Å². The third kappa shape index (κ3) is 3.41. The van der Waals surface area contributed by atoms with Crippen molar-refractivity contribution in [2.24, 2.45) is 5.73 Å². The number of amidine groups is 1. The molecule has 0 unspecified atom stereocenters. The van der Waals surface area contributed by atoms with Gasteiger partial charge in [-0.05, 0) is 17.7 Å². The van der Waals surface area contributed by atoms with Crippen molar-refractivity contribution < 1.29 is 17.9 Å². The molecule has 5 nitrogen and oxygen atoms in total. The molecule has 0 aliphatic rings. The number of anilines is 1. The Bertz CT molecular complexity index is 668. The molecule has 0 bridgehead atoms. The third-order valence-corrected chi connectivity index (χ3v) is 2.64. The lowest BCUT2D eigenvalue weighted by molar-refractivity contribution is -0.274. The molecular formula is C13H11F3N4O. The SMILES string of the molecule is N=C(N)c1c(N)cncc1-c1ccc(OC(F)(F)F)cc1. The fourth-order valence-electron chi connectivity index (χ4n) is 1.83. The van der Waals surface area contributed by atoms with Crippen LogP contribution in [-0.2, 0) is 0 Å². The zero-order chi connectivity index (χ0) is 15.6. The standard InChI is InChI=1S/C13H11F3N4O/c14-13(15,16)21-8-3-1-7(2-4-8)9-5-20-6-10(17)11(9)12(18)19/h1-6H,17H2,(H3,18,19). The molecule has 2 rings (SSSR count). The van der Waals surface area contributed by atoms with Crippen LogP contribution in [0.15, 0.2) is 36.7 Å². The van der Waals surface area contributed by atoms with Crippen LogP contribution in [-0.4, -0.2) is 17.2 Å². The van der Waals surface area contributed by atoms with Crippen LogP contribution in [0, 0.1) is 5.41 Å². The highest BCUT2D eigenvalue weighted by molar-refractivity contribution is 6.05. The van der Waals surface area contributed by atoms with Crippen molar-refractivity contribution in [2.45, 2.75) is 6.36 Å². The van der Waals surface area contributed by atoms with Gasteiger partial charge >= 0.3 is 6.36 Å².